The van der Waals surface area contributed by atoms with Crippen molar-refractivity contribution in [3.63, 3.8) is 0 Å². The molecule has 1 aromatic heterocycles. The standard InChI is InChI=1S/C24H24N2O3/c1-16-21(23(28)20(27)15-14-18-10-6-4-7-11-18)17(2)26(3)22(16)24(29)25-19-12-8-5-9-13-19/h4-13H,14-15H2,1-3H3,(H,25,29). The van der Waals surface area contributed by atoms with Gasteiger partial charge < -0.3 is 9.88 Å². The van der Waals surface area contributed by atoms with Crippen LogP contribution in [0.1, 0.15) is 44.1 Å². The maximum atomic E-state index is 12.9. The van der Waals surface area contributed by atoms with E-state index in [1.165, 1.54) is 0 Å². The summed E-state index contributed by atoms with van der Waals surface area (Å²) < 4.78 is 1.67. The van der Waals surface area contributed by atoms with E-state index in [4.69, 9.17) is 0 Å². The number of hydrogen-bond donors (Lipinski definition) is 1. The van der Waals surface area contributed by atoms with Crippen LogP contribution in [0.15, 0.2) is 60.7 Å². The summed E-state index contributed by atoms with van der Waals surface area (Å²) in [6.45, 7) is 3.47. The summed E-state index contributed by atoms with van der Waals surface area (Å²) in [6.07, 6.45) is 0.653. The number of nitrogens with one attached hydrogen (secondary N) is 1. The van der Waals surface area contributed by atoms with Gasteiger partial charge >= 0.3 is 0 Å². The van der Waals surface area contributed by atoms with E-state index in [9.17, 15) is 14.4 Å². The van der Waals surface area contributed by atoms with Crippen LogP contribution < -0.4 is 5.32 Å². The molecule has 0 saturated heterocycles. The number of aryl methyl sites for hydroxylation is 1. The van der Waals surface area contributed by atoms with E-state index < -0.39 is 11.6 Å². The SMILES string of the molecule is Cc1c(C(=O)C(=O)CCc2ccccc2)c(C)n(C)c1C(=O)Nc1ccccc1. The zero-order chi connectivity index (χ0) is 21.0. The Bertz CT molecular complexity index is 1050. The monoisotopic (exact) mass is 388 g/mol. The van der Waals surface area contributed by atoms with Gasteiger partial charge in [0, 0.05) is 24.8 Å². The molecule has 0 fully saturated rings. The number of Topliss-reactive ketones (excluding diaryl/α,β-unsaturated/α-hetero) is 2. The molecule has 0 aliphatic heterocycles. The summed E-state index contributed by atoms with van der Waals surface area (Å²) in [5.74, 6) is -1.29. The molecule has 1 heterocycles. The highest BCUT2D eigenvalue weighted by Gasteiger charge is 2.28. The second-order valence-electron chi connectivity index (χ2n) is 7.05. The van der Waals surface area contributed by atoms with Crippen LogP contribution in [0.3, 0.4) is 0 Å². The lowest BCUT2D eigenvalue weighted by atomic mass is 9.98. The first-order valence-corrected chi connectivity index (χ1v) is 9.54. The van der Waals surface area contributed by atoms with Gasteiger partial charge in [0.1, 0.15) is 5.69 Å². The average Bonchev–Trinajstić information content (AvgIpc) is 2.95. The van der Waals surface area contributed by atoms with Crippen LogP contribution in [-0.4, -0.2) is 22.0 Å². The Kier molecular flexibility index (Phi) is 6.07. The molecule has 0 radical (unpaired) electrons. The predicted octanol–water partition coefficient (Wildman–Crippen LogP) is 4.28. The van der Waals surface area contributed by atoms with E-state index in [-0.39, 0.29) is 12.3 Å². The van der Waals surface area contributed by atoms with Gasteiger partial charge in [-0.25, -0.2) is 0 Å². The number of benzene rings is 2. The fourth-order valence-electron chi connectivity index (χ4n) is 3.50. The molecular formula is C24H24N2O3. The van der Waals surface area contributed by atoms with Gasteiger partial charge in [-0.1, -0.05) is 48.5 Å². The summed E-state index contributed by atoms with van der Waals surface area (Å²) in [4.78, 5) is 38.2. The van der Waals surface area contributed by atoms with Crippen molar-refractivity contribution in [1.82, 2.24) is 4.57 Å². The molecule has 5 heteroatoms. The molecule has 0 spiro atoms. The Hall–Kier alpha value is -3.47. The van der Waals surface area contributed by atoms with Crippen molar-refractivity contribution >= 4 is 23.2 Å². The van der Waals surface area contributed by atoms with E-state index in [2.05, 4.69) is 5.32 Å². The van der Waals surface area contributed by atoms with Gasteiger partial charge in [-0.15, -0.1) is 0 Å². The molecule has 0 aliphatic carbocycles. The minimum absolute atomic E-state index is 0.141. The smallest absolute Gasteiger partial charge is 0.272 e. The van der Waals surface area contributed by atoms with Crippen molar-refractivity contribution in [2.45, 2.75) is 26.7 Å². The third-order valence-corrected chi connectivity index (χ3v) is 5.14. The van der Waals surface area contributed by atoms with Crippen molar-refractivity contribution in [1.29, 1.82) is 0 Å². The van der Waals surface area contributed by atoms with E-state index in [1.54, 1.807) is 37.6 Å². The number of nitrogens with zero attached hydrogens (tertiary/aromatic N) is 1. The van der Waals surface area contributed by atoms with Crippen LogP contribution in [0.5, 0.6) is 0 Å². The lowest BCUT2D eigenvalue weighted by Gasteiger charge is -2.08. The first-order valence-electron chi connectivity index (χ1n) is 9.54. The molecule has 0 unspecified atom stereocenters. The maximum Gasteiger partial charge on any atom is 0.272 e. The van der Waals surface area contributed by atoms with Crippen LogP contribution in [0.2, 0.25) is 0 Å². The molecule has 3 aromatic rings. The Morgan fingerprint density at radius 1 is 0.897 bits per heavy atom. The topological polar surface area (TPSA) is 68.2 Å². The van der Waals surface area contributed by atoms with Crippen molar-refractivity contribution in [2.75, 3.05) is 5.32 Å². The van der Waals surface area contributed by atoms with Crippen LogP contribution in [-0.2, 0) is 18.3 Å². The number of ketones is 2. The third kappa shape index (κ3) is 4.35. The number of amides is 1. The van der Waals surface area contributed by atoms with Crippen LogP contribution in [0, 0.1) is 13.8 Å². The molecule has 3 rings (SSSR count). The zero-order valence-corrected chi connectivity index (χ0v) is 16.9. The fourth-order valence-corrected chi connectivity index (χ4v) is 3.50. The number of carbonyl (C=O) groups excluding carboxylic acids is 3. The zero-order valence-electron chi connectivity index (χ0n) is 16.9. The molecule has 0 atom stereocenters. The highest BCUT2D eigenvalue weighted by atomic mass is 16.2. The minimum atomic E-state index is -0.537. The average molecular weight is 388 g/mol. The van der Waals surface area contributed by atoms with Crippen LogP contribution >= 0.6 is 0 Å². The summed E-state index contributed by atoms with van der Waals surface area (Å²) in [5, 5.41) is 2.84. The van der Waals surface area contributed by atoms with Gasteiger partial charge in [-0.05, 0) is 43.5 Å². The van der Waals surface area contributed by atoms with Crippen molar-refractivity contribution in [3.05, 3.63) is 88.7 Å². The molecule has 0 saturated carbocycles. The quantitative estimate of drug-likeness (QED) is 0.485. The summed E-state index contributed by atoms with van der Waals surface area (Å²) in [7, 11) is 1.73. The first-order chi connectivity index (χ1) is 13.9. The highest BCUT2D eigenvalue weighted by Crippen LogP contribution is 2.23. The molecule has 29 heavy (non-hydrogen) atoms. The Morgan fingerprint density at radius 3 is 2.10 bits per heavy atom. The molecule has 0 bridgehead atoms. The van der Waals surface area contributed by atoms with Gasteiger partial charge in [0.15, 0.2) is 0 Å². The molecule has 0 aliphatic rings. The third-order valence-electron chi connectivity index (χ3n) is 5.14. The predicted molar refractivity (Wildman–Crippen MR) is 113 cm³/mol. The summed E-state index contributed by atoms with van der Waals surface area (Å²) in [6, 6.07) is 18.7. The molecule has 1 amide bonds. The van der Waals surface area contributed by atoms with Crippen molar-refractivity contribution in [3.8, 4) is 0 Å². The lowest BCUT2D eigenvalue weighted by molar-refractivity contribution is -0.115. The number of anilines is 1. The summed E-state index contributed by atoms with van der Waals surface area (Å²) >= 11 is 0. The van der Waals surface area contributed by atoms with E-state index in [0.717, 1.165) is 5.56 Å². The van der Waals surface area contributed by atoms with Gasteiger partial charge in [0.05, 0.1) is 5.56 Å². The molecular weight excluding hydrogens is 364 g/mol. The van der Waals surface area contributed by atoms with Crippen molar-refractivity contribution < 1.29 is 14.4 Å². The minimum Gasteiger partial charge on any atom is -0.343 e. The molecule has 5 nitrogen and oxygen atoms in total. The van der Waals surface area contributed by atoms with Gasteiger partial charge in [0.25, 0.3) is 5.91 Å². The number of rotatable bonds is 7. The van der Waals surface area contributed by atoms with E-state index in [0.29, 0.717) is 34.6 Å². The Morgan fingerprint density at radius 2 is 1.48 bits per heavy atom. The van der Waals surface area contributed by atoms with E-state index in [1.807, 2.05) is 48.5 Å². The molecule has 148 valence electrons. The van der Waals surface area contributed by atoms with Crippen LogP contribution in [0.4, 0.5) is 5.69 Å². The van der Waals surface area contributed by atoms with Gasteiger partial charge in [-0.2, -0.15) is 0 Å². The Labute approximate surface area is 170 Å². The second-order valence-corrected chi connectivity index (χ2v) is 7.05. The molecule has 1 N–H and O–H groups in total. The number of aromatic nitrogens is 1. The normalized spacial score (nSPS) is 10.6. The number of para-hydroxylation sites is 1. The fraction of sp³-hybridized carbons (Fsp3) is 0.208. The number of carbonyl (C=O) groups is 3. The highest BCUT2D eigenvalue weighted by molar-refractivity contribution is 6.44. The second kappa shape index (κ2) is 8.69. The van der Waals surface area contributed by atoms with Crippen molar-refractivity contribution in [2.24, 2.45) is 7.05 Å². The maximum absolute atomic E-state index is 12.9. The van der Waals surface area contributed by atoms with E-state index >= 15 is 0 Å². The van der Waals surface area contributed by atoms with Crippen LogP contribution in [0.25, 0.3) is 0 Å². The largest absolute Gasteiger partial charge is 0.343 e. The lowest BCUT2D eigenvalue weighted by Crippen LogP contribution is -2.17. The van der Waals surface area contributed by atoms with Gasteiger partial charge in [-0.3, -0.25) is 14.4 Å². The summed E-state index contributed by atoms with van der Waals surface area (Å²) in [5.41, 5.74) is 3.52. The number of hydrogen-bond acceptors (Lipinski definition) is 3. The molecule has 2 aromatic carbocycles. The van der Waals surface area contributed by atoms with Gasteiger partial charge in [0.2, 0.25) is 11.6 Å². The Balaban J connectivity index is 1.80. The first kappa shape index (κ1) is 20.3.